The third kappa shape index (κ3) is 2.36. The smallest absolute Gasteiger partial charge is 0.339 e. The van der Waals surface area contributed by atoms with Gasteiger partial charge in [-0.3, -0.25) is 0 Å². The van der Waals surface area contributed by atoms with Crippen molar-refractivity contribution in [2.45, 2.75) is 6.43 Å². The third-order valence-corrected chi connectivity index (χ3v) is 2.51. The van der Waals surface area contributed by atoms with Crippen molar-refractivity contribution in [3.05, 3.63) is 33.3 Å². The molecule has 1 aromatic carbocycles. The number of halogens is 3. The number of carbonyl (C=O) groups is 1. The van der Waals surface area contributed by atoms with Crippen molar-refractivity contribution in [2.24, 2.45) is 0 Å². The van der Waals surface area contributed by atoms with Crippen LogP contribution in [0.5, 0.6) is 0 Å². The Balaban J connectivity index is 3.44. The van der Waals surface area contributed by atoms with Crippen LogP contribution in [-0.2, 0) is 4.74 Å². The topological polar surface area (TPSA) is 50.1 Å². The van der Waals surface area contributed by atoms with E-state index in [0.717, 1.165) is 19.2 Å². The molecule has 0 bridgehead atoms. The van der Waals surface area contributed by atoms with Gasteiger partial charge in [-0.25, -0.2) is 13.6 Å². The van der Waals surface area contributed by atoms with E-state index in [1.165, 1.54) is 0 Å². The highest BCUT2D eigenvalue weighted by Crippen LogP contribution is 2.28. The summed E-state index contributed by atoms with van der Waals surface area (Å²) in [6.45, 7) is 0. The van der Waals surface area contributed by atoms with E-state index in [2.05, 4.69) is 20.7 Å². The minimum absolute atomic E-state index is 0.0174. The zero-order valence-corrected chi connectivity index (χ0v) is 9.72. The summed E-state index contributed by atoms with van der Waals surface area (Å²) in [7, 11) is 1.12. The number of hydrogen-bond acceptors (Lipinski definition) is 3. The Hall–Kier alpha value is -1.48. The van der Waals surface area contributed by atoms with Crippen LogP contribution in [0.25, 0.3) is 0 Å². The minimum Gasteiger partial charge on any atom is -0.465 e. The Morgan fingerprint density at radius 1 is 1.56 bits per heavy atom. The highest BCUT2D eigenvalue weighted by atomic mass is 79.9. The molecular formula is C10H6BrF2NO2. The fraction of sp³-hybridized carbons (Fsp3) is 0.200. The summed E-state index contributed by atoms with van der Waals surface area (Å²) in [6, 6.07) is 3.82. The van der Waals surface area contributed by atoms with Crippen LogP contribution < -0.4 is 0 Å². The van der Waals surface area contributed by atoms with Gasteiger partial charge in [0.05, 0.1) is 18.2 Å². The van der Waals surface area contributed by atoms with Gasteiger partial charge in [0, 0.05) is 10.0 Å². The molecular weight excluding hydrogens is 284 g/mol. The Morgan fingerprint density at radius 3 is 2.62 bits per heavy atom. The minimum atomic E-state index is -2.72. The quantitative estimate of drug-likeness (QED) is 0.786. The number of hydrogen-bond donors (Lipinski definition) is 0. The number of esters is 1. The van der Waals surface area contributed by atoms with Gasteiger partial charge in [-0.1, -0.05) is 0 Å². The summed E-state index contributed by atoms with van der Waals surface area (Å²) in [5.41, 5.74) is -0.530. The van der Waals surface area contributed by atoms with Crippen LogP contribution in [0.4, 0.5) is 8.78 Å². The second-order valence-corrected chi connectivity index (χ2v) is 3.68. The van der Waals surface area contributed by atoms with Crippen LogP contribution in [0.15, 0.2) is 16.6 Å². The van der Waals surface area contributed by atoms with Crippen molar-refractivity contribution in [1.82, 2.24) is 0 Å². The number of nitriles is 1. The fourth-order valence-corrected chi connectivity index (χ4v) is 1.70. The molecule has 0 aliphatic rings. The van der Waals surface area contributed by atoms with E-state index in [1.54, 1.807) is 6.07 Å². The molecule has 0 aliphatic heterocycles. The number of benzene rings is 1. The molecule has 0 spiro atoms. The van der Waals surface area contributed by atoms with Gasteiger partial charge in [0.25, 0.3) is 6.43 Å². The normalized spacial score (nSPS) is 10.0. The summed E-state index contributed by atoms with van der Waals surface area (Å²) in [4.78, 5) is 11.3. The van der Waals surface area contributed by atoms with Crippen LogP contribution >= 0.6 is 15.9 Å². The van der Waals surface area contributed by atoms with Crippen molar-refractivity contribution >= 4 is 21.9 Å². The van der Waals surface area contributed by atoms with Crippen LogP contribution in [0, 0.1) is 11.3 Å². The van der Waals surface area contributed by atoms with E-state index >= 15 is 0 Å². The molecule has 0 aliphatic carbocycles. The standard InChI is InChI=1S/C10H6BrF2NO2/c1-16-10(15)6-2-5(9(12)13)3-8(11)7(6)4-14/h2-3,9H,1H3. The first-order chi connectivity index (χ1) is 7.51. The van der Waals surface area contributed by atoms with Crippen LogP contribution in [0.2, 0.25) is 0 Å². The first-order valence-corrected chi connectivity index (χ1v) is 4.90. The monoisotopic (exact) mass is 289 g/mol. The molecule has 6 heteroatoms. The molecule has 0 fully saturated rings. The molecule has 84 valence electrons. The van der Waals surface area contributed by atoms with Gasteiger partial charge < -0.3 is 4.74 Å². The van der Waals surface area contributed by atoms with Gasteiger partial charge >= 0.3 is 5.97 Å². The highest BCUT2D eigenvalue weighted by Gasteiger charge is 2.19. The molecule has 0 unspecified atom stereocenters. The zero-order valence-electron chi connectivity index (χ0n) is 8.13. The van der Waals surface area contributed by atoms with E-state index < -0.39 is 12.4 Å². The van der Waals surface area contributed by atoms with Crippen LogP contribution in [0.3, 0.4) is 0 Å². The van der Waals surface area contributed by atoms with Gasteiger partial charge in [-0.05, 0) is 28.1 Å². The molecule has 0 atom stereocenters. The van der Waals surface area contributed by atoms with Crippen molar-refractivity contribution in [3.8, 4) is 6.07 Å². The molecule has 0 heterocycles. The summed E-state index contributed by atoms with van der Waals surface area (Å²) in [5.74, 6) is -0.820. The lowest BCUT2D eigenvalue weighted by atomic mass is 10.0. The molecule has 0 N–H and O–H groups in total. The van der Waals surface area contributed by atoms with Gasteiger partial charge in [-0.2, -0.15) is 5.26 Å². The number of ether oxygens (including phenoxy) is 1. The van der Waals surface area contributed by atoms with E-state index in [9.17, 15) is 13.6 Å². The zero-order chi connectivity index (χ0) is 12.3. The lowest BCUT2D eigenvalue weighted by molar-refractivity contribution is 0.0600. The van der Waals surface area contributed by atoms with E-state index in [1.807, 2.05) is 0 Å². The van der Waals surface area contributed by atoms with Crippen molar-refractivity contribution < 1.29 is 18.3 Å². The van der Waals surface area contributed by atoms with E-state index in [4.69, 9.17) is 5.26 Å². The van der Waals surface area contributed by atoms with Crippen LogP contribution in [0.1, 0.15) is 27.9 Å². The fourth-order valence-electron chi connectivity index (χ4n) is 1.14. The Kier molecular flexibility index (Phi) is 3.96. The summed E-state index contributed by atoms with van der Waals surface area (Å²) < 4.78 is 29.5. The maximum absolute atomic E-state index is 12.5. The van der Waals surface area contributed by atoms with Gasteiger partial charge in [0.2, 0.25) is 0 Å². The second kappa shape index (κ2) is 5.03. The largest absolute Gasteiger partial charge is 0.465 e. The molecule has 0 aromatic heterocycles. The second-order valence-electron chi connectivity index (χ2n) is 2.83. The van der Waals surface area contributed by atoms with E-state index in [0.29, 0.717) is 0 Å². The molecule has 16 heavy (non-hydrogen) atoms. The van der Waals surface area contributed by atoms with Gasteiger partial charge in [-0.15, -0.1) is 0 Å². The maximum Gasteiger partial charge on any atom is 0.339 e. The molecule has 0 amide bonds. The molecule has 3 nitrogen and oxygen atoms in total. The molecule has 0 saturated carbocycles. The lowest BCUT2D eigenvalue weighted by Crippen LogP contribution is -2.06. The first-order valence-electron chi connectivity index (χ1n) is 4.11. The van der Waals surface area contributed by atoms with Crippen molar-refractivity contribution in [1.29, 1.82) is 5.26 Å². The molecule has 1 aromatic rings. The lowest BCUT2D eigenvalue weighted by Gasteiger charge is -2.07. The number of alkyl halides is 2. The highest BCUT2D eigenvalue weighted by molar-refractivity contribution is 9.10. The van der Waals surface area contributed by atoms with Crippen molar-refractivity contribution in [3.63, 3.8) is 0 Å². The molecule has 1 rings (SSSR count). The summed E-state index contributed by atoms with van der Waals surface area (Å²) in [5, 5.41) is 8.80. The Labute approximate surface area is 98.8 Å². The average Bonchev–Trinajstić information content (AvgIpc) is 2.26. The SMILES string of the molecule is COC(=O)c1cc(C(F)F)cc(Br)c1C#N. The van der Waals surface area contributed by atoms with Crippen molar-refractivity contribution in [2.75, 3.05) is 7.11 Å². The number of methoxy groups -OCH3 is 1. The Bertz CT molecular complexity index is 469. The maximum atomic E-state index is 12.5. The molecule has 0 radical (unpaired) electrons. The average molecular weight is 290 g/mol. The van der Waals surface area contributed by atoms with E-state index in [-0.39, 0.29) is 21.2 Å². The number of nitrogens with zero attached hydrogens (tertiary/aromatic N) is 1. The molecule has 0 saturated heterocycles. The van der Waals surface area contributed by atoms with Gasteiger partial charge in [0.1, 0.15) is 6.07 Å². The van der Waals surface area contributed by atoms with Crippen LogP contribution in [-0.4, -0.2) is 13.1 Å². The number of carbonyl (C=O) groups excluding carboxylic acids is 1. The Morgan fingerprint density at radius 2 is 2.19 bits per heavy atom. The summed E-state index contributed by atoms with van der Waals surface area (Å²) >= 11 is 2.96. The third-order valence-electron chi connectivity index (χ3n) is 1.88. The summed E-state index contributed by atoms with van der Waals surface area (Å²) in [6.07, 6.45) is -2.72. The predicted octanol–water partition coefficient (Wildman–Crippen LogP) is 3.04. The first kappa shape index (κ1) is 12.6. The van der Waals surface area contributed by atoms with Gasteiger partial charge in [0.15, 0.2) is 0 Å². The predicted molar refractivity (Wildman–Crippen MR) is 55.2 cm³/mol. The number of rotatable bonds is 2.